The van der Waals surface area contributed by atoms with E-state index in [1.807, 2.05) is 48.7 Å². The molecule has 0 unspecified atom stereocenters. The molecule has 0 atom stereocenters. The molecule has 3 aromatic heterocycles. The molecule has 0 bridgehead atoms. The maximum atomic E-state index is 13.1. The largest absolute Gasteiger partial charge is 0.370 e. The van der Waals surface area contributed by atoms with Crippen LogP contribution in [0.3, 0.4) is 0 Å². The normalized spacial score (nSPS) is 13.7. The second kappa shape index (κ2) is 7.39. The number of carbonyl (C=O) groups excluding carboxylic acids is 1. The molecule has 1 amide bonds. The van der Waals surface area contributed by atoms with Gasteiger partial charge in [-0.2, -0.15) is 0 Å². The molecular formula is C23H21N5O. The highest BCUT2D eigenvalue weighted by molar-refractivity contribution is 6.13. The van der Waals surface area contributed by atoms with Gasteiger partial charge in [0.05, 0.1) is 23.1 Å². The molecule has 144 valence electrons. The number of nitrogens with zero attached hydrogens (tertiary/aromatic N) is 3. The second-order valence-electron chi connectivity index (χ2n) is 7.23. The highest BCUT2D eigenvalue weighted by Crippen LogP contribution is 2.29. The van der Waals surface area contributed by atoms with E-state index in [0.29, 0.717) is 11.2 Å². The summed E-state index contributed by atoms with van der Waals surface area (Å²) in [7, 11) is 0. The van der Waals surface area contributed by atoms with Gasteiger partial charge in [0.1, 0.15) is 5.65 Å². The van der Waals surface area contributed by atoms with E-state index in [1.165, 1.54) is 12.8 Å². The third kappa shape index (κ3) is 3.33. The standard InChI is InChI=1S/C23H21N5O/c29-23(27-20-15-24-9-8-21(20)28-10-4-5-11-28)19-14-26-22-18(19)12-17(13-25-22)16-6-2-1-3-7-16/h1-3,6-9,12-15H,4-5,10-11H2,(H,25,26)(H,27,29). The summed E-state index contributed by atoms with van der Waals surface area (Å²) >= 11 is 0. The lowest BCUT2D eigenvalue weighted by atomic mass is 10.1. The van der Waals surface area contributed by atoms with E-state index in [2.05, 4.69) is 25.2 Å². The van der Waals surface area contributed by atoms with E-state index >= 15 is 0 Å². The molecule has 6 nitrogen and oxygen atoms in total. The Kier molecular flexibility index (Phi) is 4.44. The van der Waals surface area contributed by atoms with Crippen LogP contribution in [0.15, 0.2) is 67.3 Å². The van der Waals surface area contributed by atoms with E-state index in [-0.39, 0.29) is 5.91 Å². The molecule has 2 N–H and O–H groups in total. The van der Waals surface area contributed by atoms with Gasteiger partial charge >= 0.3 is 0 Å². The molecule has 0 saturated carbocycles. The average Bonchev–Trinajstić information content (AvgIpc) is 3.44. The van der Waals surface area contributed by atoms with Gasteiger partial charge in [0.2, 0.25) is 0 Å². The molecule has 6 heteroatoms. The molecule has 0 aliphatic carbocycles. The molecule has 1 aromatic carbocycles. The zero-order chi connectivity index (χ0) is 19.6. The Morgan fingerprint density at radius 3 is 2.69 bits per heavy atom. The fourth-order valence-corrected chi connectivity index (χ4v) is 3.89. The monoisotopic (exact) mass is 383 g/mol. The number of aromatic nitrogens is 3. The Morgan fingerprint density at radius 2 is 1.86 bits per heavy atom. The van der Waals surface area contributed by atoms with Crippen molar-refractivity contribution >= 4 is 28.3 Å². The Labute approximate surface area is 168 Å². The van der Waals surface area contributed by atoms with Crippen molar-refractivity contribution in [3.05, 3.63) is 72.8 Å². The summed E-state index contributed by atoms with van der Waals surface area (Å²) in [6.07, 6.45) is 9.37. The number of rotatable bonds is 4. The van der Waals surface area contributed by atoms with Crippen LogP contribution >= 0.6 is 0 Å². The average molecular weight is 383 g/mol. The zero-order valence-corrected chi connectivity index (χ0v) is 15.9. The number of anilines is 2. The molecule has 1 aliphatic heterocycles. The SMILES string of the molecule is O=C(Nc1cnccc1N1CCCC1)c1c[nH]c2ncc(-c3ccccc3)cc12. The van der Waals surface area contributed by atoms with Crippen LogP contribution < -0.4 is 10.2 Å². The number of benzene rings is 1. The molecular weight excluding hydrogens is 362 g/mol. The lowest BCUT2D eigenvalue weighted by molar-refractivity contribution is 0.102. The molecule has 5 rings (SSSR count). The smallest absolute Gasteiger partial charge is 0.257 e. The number of amides is 1. The zero-order valence-electron chi connectivity index (χ0n) is 15.9. The Hall–Kier alpha value is -3.67. The predicted molar refractivity (Wildman–Crippen MR) is 115 cm³/mol. The Balaban J connectivity index is 1.48. The first kappa shape index (κ1) is 17.4. The second-order valence-corrected chi connectivity index (χ2v) is 7.23. The fraction of sp³-hybridized carbons (Fsp3) is 0.174. The van der Waals surface area contributed by atoms with Gasteiger partial charge in [-0.3, -0.25) is 9.78 Å². The van der Waals surface area contributed by atoms with Crippen molar-refractivity contribution < 1.29 is 4.79 Å². The highest BCUT2D eigenvalue weighted by atomic mass is 16.1. The van der Waals surface area contributed by atoms with Gasteiger partial charge in [0, 0.05) is 42.6 Å². The first-order valence-corrected chi connectivity index (χ1v) is 9.82. The third-order valence-corrected chi connectivity index (χ3v) is 5.38. The van der Waals surface area contributed by atoms with Crippen LogP contribution in [-0.2, 0) is 0 Å². The van der Waals surface area contributed by atoms with Crippen LogP contribution in [0.4, 0.5) is 11.4 Å². The molecule has 4 heterocycles. The van der Waals surface area contributed by atoms with Crippen molar-refractivity contribution in [2.75, 3.05) is 23.3 Å². The molecule has 0 spiro atoms. The minimum Gasteiger partial charge on any atom is -0.370 e. The molecule has 0 radical (unpaired) electrons. The van der Waals surface area contributed by atoms with Crippen molar-refractivity contribution in [3.8, 4) is 11.1 Å². The van der Waals surface area contributed by atoms with Crippen molar-refractivity contribution in [2.24, 2.45) is 0 Å². The summed E-state index contributed by atoms with van der Waals surface area (Å²) in [5.41, 5.74) is 5.07. The van der Waals surface area contributed by atoms with Crippen LogP contribution in [0, 0.1) is 0 Å². The van der Waals surface area contributed by atoms with Gasteiger partial charge in [-0.1, -0.05) is 30.3 Å². The Bertz CT molecular complexity index is 1160. The van der Waals surface area contributed by atoms with Gasteiger partial charge in [-0.15, -0.1) is 0 Å². The van der Waals surface area contributed by atoms with Crippen LogP contribution in [0.5, 0.6) is 0 Å². The maximum Gasteiger partial charge on any atom is 0.257 e. The third-order valence-electron chi connectivity index (χ3n) is 5.38. The van der Waals surface area contributed by atoms with Gasteiger partial charge in [0.25, 0.3) is 5.91 Å². The number of H-pyrrole nitrogens is 1. The van der Waals surface area contributed by atoms with Gasteiger partial charge in [-0.25, -0.2) is 4.98 Å². The first-order valence-electron chi connectivity index (χ1n) is 9.82. The van der Waals surface area contributed by atoms with E-state index in [9.17, 15) is 4.79 Å². The van der Waals surface area contributed by atoms with Crippen molar-refractivity contribution in [3.63, 3.8) is 0 Å². The van der Waals surface area contributed by atoms with Crippen LogP contribution in [0.1, 0.15) is 23.2 Å². The molecule has 1 saturated heterocycles. The summed E-state index contributed by atoms with van der Waals surface area (Å²) in [6.45, 7) is 2.01. The van der Waals surface area contributed by atoms with Gasteiger partial charge < -0.3 is 15.2 Å². The maximum absolute atomic E-state index is 13.1. The van der Waals surface area contributed by atoms with E-state index in [1.54, 1.807) is 18.6 Å². The topological polar surface area (TPSA) is 73.9 Å². The number of aromatic amines is 1. The van der Waals surface area contributed by atoms with Gasteiger partial charge in [-0.05, 0) is 30.5 Å². The Morgan fingerprint density at radius 1 is 1.03 bits per heavy atom. The lowest BCUT2D eigenvalue weighted by Gasteiger charge is -2.21. The number of pyridine rings is 2. The number of hydrogen-bond donors (Lipinski definition) is 2. The summed E-state index contributed by atoms with van der Waals surface area (Å²) in [5.74, 6) is -0.170. The van der Waals surface area contributed by atoms with Crippen LogP contribution in [-0.4, -0.2) is 33.9 Å². The minimum atomic E-state index is -0.170. The summed E-state index contributed by atoms with van der Waals surface area (Å²) in [4.78, 5) is 27.2. The van der Waals surface area contributed by atoms with Crippen molar-refractivity contribution in [1.82, 2.24) is 15.0 Å². The molecule has 1 aliphatic rings. The van der Waals surface area contributed by atoms with E-state index < -0.39 is 0 Å². The van der Waals surface area contributed by atoms with Crippen molar-refractivity contribution in [2.45, 2.75) is 12.8 Å². The van der Waals surface area contributed by atoms with Crippen LogP contribution in [0.2, 0.25) is 0 Å². The van der Waals surface area contributed by atoms with E-state index in [4.69, 9.17) is 0 Å². The number of carbonyl (C=O) groups is 1. The predicted octanol–water partition coefficient (Wildman–Crippen LogP) is 4.48. The number of hydrogen-bond acceptors (Lipinski definition) is 4. The molecule has 1 fully saturated rings. The quantitative estimate of drug-likeness (QED) is 0.545. The van der Waals surface area contributed by atoms with Crippen molar-refractivity contribution in [1.29, 1.82) is 0 Å². The minimum absolute atomic E-state index is 0.170. The molecule has 29 heavy (non-hydrogen) atoms. The fourth-order valence-electron chi connectivity index (χ4n) is 3.89. The number of fused-ring (bicyclic) bond motifs is 1. The summed E-state index contributed by atoms with van der Waals surface area (Å²) < 4.78 is 0. The molecule has 4 aromatic rings. The summed E-state index contributed by atoms with van der Waals surface area (Å²) in [6, 6.07) is 14.0. The number of nitrogens with one attached hydrogen (secondary N) is 2. The van der Waals surface area contributed by atoms with Crippen LogP contribution in [0.25, 0.3) is 22.2 Å². The van der Waals surface area contributed by atoms with Gasteiger partial charge in [0.15, 0.2) is 0 Å². The van der Waals surface area contributed by atoms with E-state index in [0.717, 1.165) is 41.0 Å². The first-order chi connectivity index (χ1) is 14.3. The summed E-state index contributed by atoms with van der Waals surface area (Å²) in [5, 5.41) is 3.85. The highest BCUT2D eigenvalue weighted by Gasteiger charge is 2.19. The lowest BCUT2D eigenvalue weighted by Crippen LogP contribution is -2.21.